The van der Waals surface area contributed by atoms with Crippen LogP contribution in [0.5, 0.6) is 0 Å². The number of hydrogen-bond acceptors (Lipinski definition) is 1. The molecule has 0 spiro atoms. The van der Waals surface area contributed by atoms with Crippen molar-refractivity contribution in [2.24, 2.45) is 0 Å². The molecule has 0 saturated carbocycles. The van der Waals surface area contributed by atoms with Gasteiger partial charge in [-0.25, -0.2) is 4.98 Å². The van der Waals surface area contributed by atoms with Gasteiger partial charge in [-0.3, -0.25) is 0 Å². The van der Waals surface area contributed by atoms with E-state index in [4.69, 9.17) is 4.98 Å². The Kier molecular flexibility index (Phi) is 2.39. The molecular formula is C21H15N. The number of benzene rings is 3. The molecule has 0 bridgehead atoms. The Morgan fingerprint density at radius 1 is 0.773 bits per heavy atom. The van der Waals surface area contributed by atoms with Crippen molar-refractivity contribution in [1.82, 2.24) is 4.98 Å². The summed E-state index contributed by atoms with van der Waals surface area (Å²) in [5, 5.41) is 4.93. The molecule has 1 nitrogen and oxygen atoms in total. The van der Waals surface area contributed by atoms with Crippen molar-refractivity contribution in [3.05, 3.63) is 71.8 Å². The van der Waals surface area contributed by atoms with Crippen molar-refractivity contribution in [3.8, 4) is 0 Å². The van der Waals surface area contributed by atoms with E-state index in [2.05, 4.69) is 66.7 Å². The van der Waals surface area contributed by atoms with E-state index in [1.807, 2.05) is 0 Å². The summed E-state index contributed by atoms with van der Waals surface area (Å²) >= 11 is 0. The van der Waals surface area contributed by atoms with Gasteiger partial charge in [0.05, 0.1) is 11.0 Å². The number of hydrogen-bond donors (Lipinski definition) is 0. The molecule has 0 fully saturated rings. The van der Waals surface area contributed by atoms with E-state index in [1.165, 1.54) is 32.7 Å². The molecule has 104 valence electrons. The van der Waals surface area contributed by atoms with Crippen molar-refractivity contribution in [2.75, 3.05) is 0 Å². The Balaban J connectivity index is 1.98. The minimum absolute atomic E-state index is 1.11. The molecule has 0 saturated heterocycles. The van der Waals surface area contributed by atoms with Crippen molar-refractivity contribution in [2.45, 2.75) is 12.8 Å². The maximum absolute atomic E-state index is 5.07. The number of aryl methyl sites for hydroxylation is 1. The molecule has 1 heterocycles. The molecule has 0 radical (unpaired) electrons. The number of pyridine rings is 1. The van der Waals surface area contributed by atoms with Crippen LogP contribution in [0.25, 0.3) is 38.7 Å². The highest BCUT2D eigenvalue weighted by Crippen LogP contribution is 2.31. The lowest BCUT2D eigenvalue weighted by atomic mass is 9.94. The number of fused-ring (bicyclic) bond motifs is 6. The molecule has 1 heteroatoms. The molecule has 22 heavy (non-hydrogen) atoms. The van der Waals surface area contributed by atoms with E-state index in [9.17, 15) is 0 Å². The van der Waals surface area contributed by atoms with Crippen LogP contribution < -0.4 is 0 Å². The highest BCUT2D eigenvalue weighted by atomic mass is 14.7. The Morgan fingerprint density at radius 3 is 2.59 bits per heavy atom. The van der Waals surface area contributed by atoms with Gasteiger partial charge in [0.25, 0.3) is 0 Å². The smallest absolute Gasteiger partial charge is 0.0788 e. The topological polar surface area (TPSA) is 12.9 Å². The summed E-state index contributed by atoms with van der Waals surface area (Å²) in [5.74, 6) is 0. The first kappa shape index (κ1) is 11.9. The van der Waals surface area contributed by atoms with E-state index in [0.717, 1.165) is 23.9 Å². The second-order valence-corrected chi connectivity index (χ2v) is 6.00. The quantitative estimate of drug-likeness (QED) is 0.306. The Labute approximate surface area is 128 Å². The number of rotatable bonds is 0. The second kappa shape index (κ2) is 4.41. The van der Waals surface area contributed by atoms with Crippen LogP contribution >= 0.6 is 0 Å². The lowest BCUT2D eigenvalue weighted by Crippen LogP contribution is -1.96. The van der Waals surface area contributed by atoms with Gasteiger partial charge in [0.15, 0.2) is 0 Å². The van der Waals surface area contributed by atoms with E-state index < -0.39 is 0 Å². The summed E-state index contributed by atoms with van der Waals surface area (Å²) in [7, 11) is 0. The van der Waals surface area contributed by atoms with Crippen LogP contribution in [-0.2, 0) is 6.42 Å². The summed E-state index contributed by atoms with van der Waals surface area (Å²) in [6.45, 7) is 0. The average molecular weight is 281 g/mol. The van der Waals surface area contributed by atoms with E-state index in [-0.39, 0.29) is 0 Å². The van der Waals surface area contributed by atoms with Crippen LogP contribution in [0.3, 0.4) is 0 Å². The zero-order valence-electron chi connectivity index (χ0n) is 12.2. The lowest BCUT2D eigenvalue weighted by Gasteiger charge is -2.13. The summed E-state index contributed by atoms with van der Waals surface area (Å²) < 4.78 is 0. The molecule has 1 aliphatic rings. The Hall–Kier alpha value is -2.67. The van der Waals surface area contributed by atoms with Gasteiger partial charge in [-0.05, 0) is 29.9 Å². The van der Waals surface area contributed by atoms with E-state index in [1.54, 1.807) is 0 Å². The van der Waals surface area contributed by atoms with Gasteiger partial charge >= 0.3 is 0 Å². The SMILES string of the molecule is C1=Cc2c(ccc3cc4ccc5ccccc5c4nc23)CC1. The standard InChI is InChI=1S/C21H15N/c1-3-7-18-14(5-1)9-11-16-13-17-12-10-15-6-2-4-8-19(15)21(17)22-20(16)18/h1,3-5,7-13H,2,6H2. The van der Waals surface area contributed by atoms with Crippen LogP contribution in [0.2, 0.25) is 0 Å². The fourth-order valence-corrected chi connectivity index (χ4v) is 3.54. The van der Waals surface area contributed by atoms with Crippen LogP contribution in [0, 0.1) is 0 Å². The monoisotopic (exact) mass is 281 g/mol. The summed E-state index contributed by atoms with van der Waals surface area (Å²) in [4.78, 5) is 5.07. The molecule has 5 rings (SSSR count). The summed E-state index contributed by atoms with van der Waals surface area (Å²) in [6, 6.07) is 19.6. The predicted octanol–water partition coefficient (Wildman–Crippen LogP) is 5.50. The maximum Gasteiger partial charge on any atom is 0.0788 e. The molecule has 0 aliphatic heterocycles. The Bertz CT molecular complexity index is 1070. The second-order valence-electron chi connectivity index (χ2n) is 6.00. The van der Waals surface area contributed by atoms with Crippen molar-refractivity contribution >= 4 is 38.7 Å². The van der Waals surface area contributed by atoms with E-state index in [0.29, 0.717) is 0 Å². The van der Waals surface area contributed by atoms with Crippen LogP contribution in [-0.4, -0.2) is 4.98 Å². The van der Waals surface area contributed by atoms with Gasteiger partial charge in [0, 0.05) is 21.7 Å². The van der Waals surface area contributed by atoms with Gasteiger partial charge in [0.1, 0.15) is 0 Å². The first-order chi connectivity index (χ1) is 10.9. The van der Waals surface area contributed by atoms with Crippen LogP contribution in [0.1, 0.15) is 17.5 Å². The van der Waals surface area contributed by atoms with Crippen LogP contribution in [0.15, 0.2) is 60.7 Å². The highest BCUT2D eigenvalue weighted by Gasteiger charge is 2.11. The van der Waals surface area contributed by atoms with Gasteiger partial charge in [-0.1, -0.05) is 60.7 Å². The molecule has 1 aliphatic carbocycles. The fraction of sp³-hybridized carbons (Fsp3) is 0.0952. The normalized spacial score (nSPS) is 13.8. The third-order valence-electron chi connectivity index (χ3n) is 4.67. The zero-order chi connectivity index (χ0) is 14.5. The average Bonchev–Trinajstić information content (AvgIpc) is 2.60. The van der Waals surface area contributed by atoms with Crippen molar-refractivity contribution in [3.63, 3.8) is 0 Å². The molecule has 0 N–H and O–H groups in total. The summed E-state index contributed by atoms with van der Waals surface area (Å²) in [6.07, 6.45) is 6.76. The highest BCUT2D eigenvalue weighted by molar-refractivity contribution is 6.09. The molecule has 0 atom stereocenters. The van der Waals surface area contributed by atoms with Crippen molar-refractivity contribution < 1.29 is 0 Å². The number of nitrogens with zero attached hydrogens (tertiary/aromatic N) is 1. The fourth-order valence-electron chi connectivity index (χ4n) is 3.54. The molecule has 4 aromatic rings. The Morgan fingerprint density at radius 2 is 1.59 bits per heavy atom. The minimum atomic E-state index is 1.11. The lowest BCUT2D eigenvalue weighted by molar-refractivity contribution is 0.988. The largest absolute Gasteiger partial charge is 0.246 e. The molecule has 3 aromatic carbocycles. The van der Waals surface area contributed by atoms with Crippen molar-refractivity contribution in [1.29, 1.82) is 0 Å². The van der Waals surface area contributed by atoms with Gasteiger partial charge in [0.2, 0.25) is 0 Å². The van der Waals surface area contributed by atoms with Crippen LogP contribution in [0.4, 0.5) is 0 Å². The molecular weight excluding hydrogens is 266 g/mol. The third-order valence-corrected chi connectivity index (χ3v) is 4.67. The van der Waals surface area contributed by atoms with Gasteiger partial charge in [-0.15, -0.1) is 0 Å². The molecule has 0 amide bonds. The van der Waals surface area contributed by atoms with Gasteiger partial charge < -0.3 is 0 Å². The number of allylic oxidation sites excluding steroid dienone is 1. The first-order valence-electron chi connectivity index (χ1n) is 7.81. The van der Waals surface area contributed by atoms with Gasteiger partial charge in [-0.2, -0.15) is 0 Å². The maximum atomic E-state index is 5.07. The predicted molar refractivity (Wildman–Crippen MR) is 94.1 cm³/mol. The zero-order valence-corrected chi connectivity index (χ0v) is 12.2. The first-order valence-corrected chi connectivity index (χ1v) is 7.81. The third kappa shape index (κ3) is 1.62. The summed E-state index contributed by atoms with van der Waals surface area (Å²) in [5.41, 5.74) is 4.97. The minimum Gasteiger partial charge on any atom is -0.246 e. The van der Waals surface area contributed by atoms with E-state index >= 15 is 0 Å². The number of aromatic nitrogens is 1. The molecule has 0 unspecified atom stereocenters. The molecule has 1 aromatic heterocycles.